The summed E-state index contributed by atoms with van der Waals surface area (Å²) in [5.41, 5.74) is 8.49. The largest absolute Gasteiger partial charge is 0.512 e. The van der Waals surface area contributed by atoms with E-state index in [1.54, 1.807) is 17.5 Å². The molecule has 0 fully saturated rings. The number of nitrogens with zero attached hydrogens (tertiary/aromatic N) is 2. The molecule has 6 heteroatoms. The van der Waals surface area contributed by atoms with E-state index >= 15 is 0 Å². The van der Waals surface area contributed by atoms with Gasteiger partial charge in [-0.3, -0.25) is 9.78 Å². The smallest absolute Gasteiger partial charge is 0.162 e. The molecule has 5 rings (SSSR count). The second-order valence-corrected chi connectivity index (χ2v) is 17.2. The van der Waals surface area contributed by atoms with Crippen LogP contribution in [0.25, 0.3) is 43.6 Å². The van der Waals surface area contributed by atoms with Gasteiger partial charge in [-0.2, -0.15) is 5.26 Å². The van der Waals surface area contributed by atoms with E-state index in [0.29, 0.717) is 5.56 Å². The van der Waals surface area contributed by atoms with E-state index < -0.39 is 0 Å². The standard InChI is InChI=1S/C35H33N2S.C13H24O2.Ir/c1-34(2,3)19-23-11-13-24(14-12-23)27-17-33(38-22-27)30-18-32(37-21-28(30)20-36)26-15-25-9-7-8-10-29(25)31(16-26)35(4,5)6;1-5-10(6-2)12(14)9-13(15)11(7-3)8-4;/h7-14,16-18,21-22H,19H2,1-6H3;9-11,14H,5-8H2,1-4H3;/q-1;;/b;12-9-;. The molecule has 54 heavy (non-hydrogen) atoms. The molecule has 4 nitrogen and oxygen atoms in total. The van der Waals surface area contributed by atoms with E-state index in [9.17, 15) is 15.2 Å². The number of aliphatic hydroxyl groups excluding tert-OH is 1. The van der Waals surface area contributed by atoms with E-state index in [1.165, 1.54) is 33.7 Å². The number of hydrogen-bond acceptors (Lipinski definition) is 5. The Balaban J connectivity index is 0.000000418. The van der Waals surface area contributed by atoms with E-state index in [4.69, 9.17) is 4.98 Å². The summed E-state index contributed by atoms with van der Waals surface area (Å²) in [6, 6.07) is 29.6. The first-order valence-corrected chi connectivity index (χ1v) is 20.0. The maximum atomic E-state index is 11.7. The summed E-state index contributed by atoms with van der Waals surface area (Å²) in [6.07, 6.45) is 7.66. The monoisotopic (exact) mass is 918 g/mol. The van der Waals surface area contributed by atoms with Crippen molar-refractivity contribution in [2.45, 2.75) is 107 Å². The fourth-order valence-corrected chi connectivity index (χ4v) is 7.67. The summed E-state index contributed by atoms with van der Waals surface area (Å²) in [5, 5.41) is 24.1. The Bertz CT molecular complexity index is 2070. The molecule has 287 valence electrons. The normalized spacial score (nSPS) is 11.9. The maximum absolute atomic E-state index is 11.7. The third-order valence-corrected chi connectivity index (χ3v) is 10.8. The molecule has 0 amide bonds. The fourth-order valence-electron chi connectivity index (χ4n) is 6.72. The van der Waals surface area contributed by atoms with Crippen LogP contribution in [0.5, 0.6) is 0 Å². The fraction of sp³-hybridized carbons (Fsp3) is 0.396. The summed E-state index contributed by atoms with van der Waals surface area (Å²) in [6.45, 7) is 21.6. The van der Waals surface area contributed by atoms with Gasteiger partial charge in [0.25, 0.3) is 0 Å². The molecule has 0 atom stereocenters. The zero-order valence-corrected chi connectivity index (χ0v) is 37.0. The number of hydrogen-bond donors (Lipinski definition) is 1. The van der Waals surface area contributed by atoms with Gasteiger partial charge in [0.2, 0.25) is 0 Å². The molecule has 5 aromatic rings. The van der Waals surface area contributed by atoms with E-state index in [-0.39, 0.29) is 54.3 Å². The SMILES string of the molecule is CC(C)(C)Cc1ccc(-c2csc(-c3cc(-c4[c-]c5ccccc5c(C(C)(C)C)c4)ncc3C#N)c2)cc1.CCC(CC)C(=O)/C=C(\O)C(CC)CC.[Ir]. The van der Waals surface area contributed by atoms with E-state index in [0.717, 1.165) is 59.2 Å². The number of aliphatic hydroxyl groups is 1. The minimum Gasteiger partial charge on any atom is -0.512 e. The zero-order valence-electron chi connectivity index (χ0n) is 33.8. The molecule has 0 spiro atoms. The van der Waals surface area contributed by atoms with Crippen LogP contribution in [0.4, 0.5) is 0 Å². The van der Waals surface area contributed by atoms with Crippen molar-refractivity contribution in [2.75, 3.05) is 0 Å². The van der Waals surface area contributed by atoms with Crippen molar-refractivity contribution in [2.24, 2.45) is 17.3 Å². The van der Waals surface area contributed by atoms with Crippen molar-refractivity contribution in [1.29, 1.82) is 5.26 Å². The first kappa shape index (κ1) is 44.5. The molecule has 2 heterocycles. The first-order chi connectivity index (χ1) is 25.1. The molecule has 0 saturated carbocycles. The van der Waals surface area contributed by atoms with Crippen molar-refractivity contribution in [3.63, 3.8) is 0 Å². The predicted octanol–water partition coefficient (Wildman–Crippen LogP) is 13.7. The quantitative estimate of drug-likeness (QED) is 0.0814. The number of thiophene rings is 1. The number of allylic oxidation sites excluding steroid dienone is 2. The molecule has 3 aromatic carbocycles. The number of nitriles is 1. The Morgan fingerprint density at radius 1 is 0.889 bits per heavy atom. The average molecular weight is 918 g/mol. The molecule has 0 unspecified atom stereocenters. The van der Waals surface area contributed by atoms with Gasteiger partial charge in [0.05, 0.1) is 11.3 Å². The third kappa shape index (κ3) is 11.6. The Kier molecular flexibility index (Phi) is 16.2. The van der Waals surface area contributed by atoms with Gasteiger partial charge < -0.3 is 5.11 Å². The number of pyridine rings is 1. The summed E-state index contributed by atoms with van der Waals surface area (Å²) in [5.74, 6) is 0.547. The predicted molar refractivity (Wildman–Crippen MR) is 225 cm³/mol. The van der Waals surface area contributed by atoms with Crippen LogP contribution in [-0.4, -0.2) is 15.9 Å². The van der Waals surface area contributed by atoms with E-state index in [2.05, 4.69) is 120 Å². The average Bonchev–Trinajstić information content (AvgIpc) is 3.62. The van der Waals surface area contributed by atoms with Crippen molar-refractivity contribution in [3.8, 4) is 38.9 Å². The Morgan fingerprint density at radius 3 is 2.09 bits per heavy atom. The van der Waals surface area contributed by atoms with Crippen LogP contribution in [0.3, 0.4) is 0 Å². The van der Waals surface area contributed by atoms with Crippen LogP contribution in [-0.2, 0) is 36.7 Å². The molecule has 1 radical (unpaired) electrons. The molecule has 0 saturated heterocycles. The molecule has 0 bridgehead atoms. The molecular weight excluding hydrogens is 861 g/mol. The van der Waals surface area contributed by atoms with Crippen LogP contribution in [0.2, 0.25) is 0 Å². The number of fused-ring (bicyclic) bond motifs is 1. The van der Waals surface area contributed by atoms with Gasteiger partial charge in [-0.1, -0.05) is 129 Å². The zero-order chi connectivity index (χ0) is 38.9. The molecule has 0 aliphatic heterocycles. The second-order valence-electron chi connectivity index (χ2n) is 16.3. The van der Waals surface area contributed by atoms with Gasteiger partial charge in [-0.15, -0.1) is 40.5 Å². The molecule has 0 aliphatic carbocycles. The number of carbonyl (C=O) groups is 1. The minimum atomic E-state index is -0.0238. The van der Waals surface area contributed by atoms with Gasteiger partial charge in [-0.25, -0.2) is 0 Å². The van der Waals surface area contributed by atoms with Crippen LogP contribution in [0.1, 0.15) is 112 Å². The number of ketones is 1. The van der Waals surface area contributed by atoms with Gasteiger partial charge in [-0.05, 0) is 71.1 Å². The summed E-state index contributed by atoms with van der Waals surface area (Å²) in [4.78, 5) is 17.5. The van der Waals surface area contributed by atoms with Crippen LogP contribution >= 0.6 is 11.3 Å². The van der Waals surface area contributed by atoms with Crippen molar-refractivity contribution in [1.82, 2.24) is 4.98 Å². The van der Waals surface area contributed by atoms with Crippen molar-refractivity contribution >= 4 is 27.9 Å². The van der Waals surface area contributed by atoms with Crippen molar-refractivity contribution < 1.29 is 30.0 Å². The Labute approximate surface area is 342 Å². The van der Waals surface area contributed by atoms with Gasteiger partial charge in [0, 0.05) is 60.3 Å². The summed E-state index contributed by atoms with van der Waals surface area (Å²) in [7, 11) is 0. The van der Waals surface area contributed by atoms with Crippen LogP contribution in [0, 0.1) is 34.6 Å². The Morgan fingerprint density at radius 2 is 1.52 bits per heavy atom. The molecule has 2 aromatic heterocycles. The van der Waals surface area contributed by atoms with Gasteiger partial charge >= 0.3 is 0 Å². The number of carbonyl (C=O) groups excluding carboxylic acids is 1. The van der Waals surface area contributed by atoms with Crippen LogP contribution < -0.4 is 0 Å². The van der Waals surface area contributed by atoms with E-state index in [1.807, 2.05) is 33.8 Å². The maximum Gasteiger partial charge on any atom is 0.162 e. The minimum absolute atomic E-state index is 0. The topological polar surface area (TPSA) is 74.0 Å². The van der Waals surface area contributed by atoms with Gasteiger partial charge in [0.1, 0.15) is 6.07 Å². The molecule has 0 aliphatic rings. The summed E-state index contributed by atoms with van der Waals surface area (Å²) >= 11 is 1.67. The van der Waals surface area contributed by atoms with Gasteiger partial charge in [0.15, 0.2) is 5.78 Å². The second kappa shape index (κ2) is 19.6. The van der Waals surface area contributed by atoms with Crippen molar-refractivity contribution in [3.05, 3.63) is 113 Å². The third-order valence-electron chi connectivity index (χ3n) is 9.85. The molecular formula is C48H57IrN2O2S-. The first-order valence-electron chi connectivity index (χ1n) is 19.1. The number of aromatic nitrogens is 1. The Hall–Kier alpha value is -3.88. The number of benzene rings is 3. The molecule has 1 N–H and O–H groups in total. The van der Waals surface area contributed by atoms with Crippen LogP contribution in [0.15, 0.2) is 90.1 Å². The number of rotatable bonds is 11. The summed E-state index contributed by atoms with van der Waals surface area (Å²) < 4.78 is 0.